The number of amidine groups is 1. The maximum atomic E-state index is 13.6. The normalized spacial score (nSPS) is 13.8. The number of ether oxygens (including phenoxy) is 3. The zero-order valence-corrected chi connectivity index (χ0v) is 27.5. The summed E-state index contributed by atoms with van der Waals surface area (Å²) < 4.78 is 54.1. The second kappa shape index (κ2) is 14.9. The Labute approximate surface area is 284 Å². The number of anilines is 2. The van der Waals surface area contributed by atoms with Gasteiger partial charge in [-0.2, -0.15) is 0 Å². The van der Waals surface area contributed by atoms with Crippen molar-refractivity contribution in [3.8, 4) is 17.2 Å². The Balaban J connectivity index is 1.34. The summed E-state index contributed by atoms with van der Waals surface area (Å²) in [5.74, 6) is -0.624. The molecule has 1 aliphatic heterocycles. The lowest BCUT2D eigenvalue weighted by Gasteiger charge is -2.18. The van der Waals surface area contributed by atoms with Crippen molar-refractivity contribution in [2.45, 2.75) is 26.8 Å². The van der Waals surface area contributed by atoms with Crippen molar-refractivity contribution in [2.75, 3.05) is 23.1 Å². The molecule has 0 fully saturated rings. The number of benzene rings is 4. The number of nitrogens with one attached hydrogen (secondary N) is 1. The van der Waals surface area contributed by atoms with Crippen LogP contribution in [0, 0.1) is 13.8 Å². The molecule has 48 heavy (non-hydrogen) atoms. The molecule has 1 aliphatic rings. The van der Waals surface area contributed by atoms with Crippen molar-refractivity contribution < 1.29 is 37.0 Å². The highest BCUT2D eigenvalue weighted by atomic mass is 35.5. The van der Waals surface area contributed by atoms with E-state index in [-0.39, 0.29) is 28.9 Å². The van der Waals surface area contributed by atoms with E-state index in [9.17, 15) is 22.8 Å². The van der Waals surface area contributed by atoms with Crippen molar-refractivity contribution in [1.29, 1.82) is 0 Å². The fourth-order valence-corrected chi connectivity index (χ4v) is 5.70. The van der Waals surface area contributed by atoms with E-state index >= 15 is 0 Å². The molecule has 0 aliphatic carbocycles. The maximum Gasteiger partial charge on any atom is 0.573 e. The molecular formula is C35H29ClF3N3O5S. The summed E-state index contributed by atoms with van der Waals surface area (Å²) in [7, 11) is 1.54. The SMILES string of the molecule is COc1cc(/C=C2/N=C(SCC(=O)Nc3ccccc3OC(F)(F)F)N(c3ccccc3)C2=O)ccc1COc1cc(C)c(Cl)c(C)c1. The molecule has 13 heteroatoms. The van der Waals surface area contributed by atoms with Gasteiger partial charge < -0.3 is 19.5 Å². The van der Waals surface area contributed by atoms with Crippen molar-refractivity contribution in [3.63, 3.8) is 0 Å². The third kappa shape index (κ3) is 8.50. The first kappa shape index (κ1) is 34.4. The number of amides is 2. The minimum Gasteiger partial charge on any atom is -0.496 e. The Morgan fingerprint density at radius 2 is 1.67 bits per heavy atom. The van der Waals surface area contributed by atoms with E-state index in [4.69, 9.17) is 21.1 Å². The first-order chi connectivity index (χ1) is 22.9. The second-order valence-corrected chi connectivity index (χ2v) is 11.8. The largest absolute Gasteiger partial charge is 0.573 e. The smallest absolute Gasteiger partial charge is 0.496 e. The summed E-state index contributed by atoms with van der Waals surface area (Å²) in [6, 6.07) is 23.1. The van der Waals surface area contributed by atoms with Gasteiger partial charge in [0, 0.05) is 10.6 Å². The molecule has 0 unspecified atom stereocenters. The monoisotopic (exact) mass is 695 g/mol. The molecule has 0 spiro atoms. The minimum absolute atomic E-state index is 0.115. The highest BCUT2D eigenvalue weighted by molar-refractivity contribution is 8.14. The van der Waals surface area contributed by atoms with Gasteiger partial charge in [-0.25, -0.2) is 4.99 Å². The number of aryl methyl sites for hydroxylation is 2. The Kier molecular flexibility index (Phi) is 10.7. The third-order valence-corrected chi connectivity index (χ3v) is 8.52. The Morgan fingerprint density at radius 3 is 2.35 bits per heavy atom. The van der Waals surface area contributed by atoms with E-state index in [1.807, 2.05) is 32.0 Å². The van der Waals surface area contributed by atoms with E-state index < -0.39 is 23.9 Å². The molecule has 2 amide bonds. The molecule has 0 radical (unpaired) electrons. The number of nitrogens with zero attached hydrogens (tertiary/aromatic N) is 2. The number of alkyl halides is 3. The van der Waals surface area contributed by atoms with Gasteiger partial charge in [-0.3, -0.25) is 14.5 Å². The zero-order chi connectivity index (χ0) is 34.4. The van der Waals surface area contributed by atoms with Gasteiger partial charge in [-0.15, -0.1) is 13.2 Å². The molecule has 1 N–H and O–H groups in total. The van der Waals surface area contributed by atoms with Crippen molar-refractivity contribution >= 4 is 57.8 Å². The molecule has 8 nitrogen and oxygen atoms in total. The molecule has 0 bridgehead atoms. The van der Waals surface area contributed by atoms with Crippen LogP contribution in [0.1, 0.15) is 22.3 Å². The maximum absolute atomic E-state index is 13.6. The predicted molar refractivity (Wildman–Crippen MR) is 182 cm³/mol. The second-order valence-electron chi connectivity index (χ2n) is 10.5. The summed E-state index contributed by atoms with van der Waals surface area (Å²) in [6.45, 7) is 4.05. The zero-order valence-electron chi connectivity index (χ0n) is 25.9. The molecule has 0 aromatic heterocycles. The lowest BCUT2D eigenvalue weighted by Crippen LogP contribution is -2.31. The summed E-state index contributed by atoms with van der Waals surface area (Å²) in [4.78, 5) is 32.4. The fourth-order valence-electron chi connectivity index (χ4n) is 4.78. The summed E-state index contributed by atoms with van der Waals surface area (Å²) in [6.07, 6.45) is -3.32. The first-order valence-electron chi connectivity index (χ1n) is 14.5. The molecule has 248 valence electrons. The predicted octanol–water partition coefficient (Wildman–Crippen LogP) is 8.56. The molecule has 4 aromatic carbocycles. The fraction of sp³-hybridized carbons (Fsp3) is 0.171. The van der Waals surface area contributed by atoms with Gasteiger partial charge in [0.2, 0.25) is 5.91 Å². The number of methoxy groups -OCH3 is 1. The van der Waals surface area contributed by atoms with Gasteiger partial charge in [0.1, 0.15) is 23.8 Å². The molecule has 0 saturated carbocycles. The van der Waals surface area contributed by atoms with E-state index in [0.29, 0.717) is 27.8 Å². The van der Waals surface area contributed by atoms with Crippen LogP contribution in [0.4, 0.5) is 24.5 Å². The lowest BCUT2D eigenvalue weighted by atomic mass is 10.1. The Bertz CT molecular complexity index is 1880. The minimum atomic E-state index is -4.93. The van der Waals surface area contributed by atoms with Crippen LogP contribution in [0.25, 0.3) is 6.08 Å². The van der Waals surface area contributed by atoms with Crippen LogP contribution in [0.2, 0.25) is 5.02 Å². The summed E-state index contributed by atoms with van der Waals surface area (Å²) in [5, 5.41) is 3.35. The number of carbonyl (C=O) groups is 2. The van der Waals surface area contributed by atoms with Crippen molar-refractivity contribution in [1.82, 2.24) is 0 Å². The number of thioether (sulfide) groups is 1. The van der Waals surface area contributed by atoms with Crippen LogP contribution in [0.15, 0.2) is 95.6 Å². The number of hydrogen-bond acceptors (Lipinski definition) is 7. The number of rotatable bonds is 10. The van der Waals surface area contributed by atoms with Gasteiger partial charge in [0.25, 0.3) is 5.91 Å². The molecule has 5 rings (SSSR count). The van der Waals surface area contributed by atoms with Crippen LogP contribution in [0.3, 0.4) is 0 Å². The number of para-hydroxylation sites is 3. The average Bonchev–Trinajstić information content (AvgIpc) is 3.36. The first-order valence-corrected chi connectivity index (χ1v) is 15.8. The van der Waals surface area contributed by atoms with E-state index in [0.717, 1.165) is 34.5 Å². The van der Waals surface area contributed by atoms with Crippen LogP contribution < -0.4 is 24.4 Å². The number of aliphatic imine (C=N–C) groups is 1. The van der Waals surface area contributed by atoms with Crippen LogP contribution in [-0.4, -0.2) is 36.2 Å². The Morgan fingerprint density at radius 1 is 0.979 bits per heavy atom. The van der Waals surface area contributed by atoms with Gasteiger partial charge in [0.15, 0.2) is 10.9 Å². The van der Waals surface area contributed by atoms with E-state index in [2.05, 4.69) is 15.0 Å². The van der Waals surface area contributed by atoms with E-state index in [1.54, 1.807) is 48.5 Å². The Hall–Kier alpha value is -4.94. The van der Waals surface area contributed by atoms with Gasteiger partial charge >= 0.3 is 6.36 Å². The topological polar surface area (TPSA) is 89.5 Å². The molecule has 1 heterocycles. The number of carbonyl (C=O) groups excluding carboxylic acids is 2. The number of halogens is 4. The average molecular weight is 696 g/mol. The number of hydrogen-bond donors (Lipinski definition) is 1. The third-order valence-electron chi connectivity index (χ3n) is 6.98. The summed E-state index contributed by atoms with van der Waals surface area (Å²) >= 11 is 7.24. The van der Waals surface area contributed by atoms with Crippen LogP contribution in [-0.2, 0) is 16.2 Å². The summed E-state index contributed by atoms with van der Waals surface area (Å²) in [5.41, 5.74) is 3.73. The van der Waals surface area contributed by atoms with Gasteiger partial charge in [0.05, 0.1) is 24.2 Å². The molecular weight excluding hydrogens is 667 g/mol. The quantitative estimate of drug-likeness (QED) is 0.167. The van der Waals surface area contributed by atoms with Crippen LogP contribution in [0.5, 0.6) is 17.2 Å². The van der Waals surface area contributed by atoms with Crippen molar-refractivity contribution in [3.05, 3.63) is 118 Å². The van der Waals surface area contributed by atoms with Gasteiger partial charge in [-0.1, -0.05) is 65.8 Å². The van der Waals surface area contributed by atoms with Crippen molar-refractivity contribution in [2.24, 2.45) is 4.99 Å². The molecule has 0 atom stereocenters. The highest BCUT2D eigenvalue weighted by Gasteiger charge is 2.34. The van der Waals surface area contributed by atoms with Crippen LogP contribution >= 0.6 is 23.4 Å². The highest BCUT2D eigenvalue weighted by Crippen LogP contribution is 2.33. The standard InChI is InChI=1S/C35H29ClF3N3O5S/c1-21-15-26(16-22(2)32(21)36)46-19-24-14-13-23(18-30(24)45-3)17-28-33(44)42(25-9-5-4-6-10-25)34(41-28)48-20-31(43)40-27-11-7-8-12-29(27)47-35(37,38)39/h4-18H,19-20H2,1-3H3,(H,40,43)/b28-17+. The lowest BCUT2D eigenvalue weighted by molar-refractivity contribution is -0.274. The molecule has 0 saturated heterocycles. The molecule has 4 aromatic rings. The van der Waals surface area contributed by atoms with E-state index in [1.165, 1.54) is 30.2 Å². The van der Waals surface area contributed by atoms with Gasteiger partial charge in [-0.05, 0) is 79.1 Å².